The molecule has 1 heterocycles. The maximum absolute atomic E-state index is 12.9. The molecule has 21 heavy (non-hydrogen) atoms. The molecular weight excluding hydrogens is 325 g/mol. The highest BCUT2D eigenvalue weighted by atomic mass is 35.5. The molecule has 1 aromatic rings. The summed E-state index contributed by atoms with van der Waals surface area (Å²) in [5, 5.41) is 0. The summed E-state index contributed by atoms with van der Waals surface area (Å²) in [6, 6.07) is 0.651. The van der Waals surface area contributed by atoms with Crippen molar-refractivity contribution in [2.75, 3.05) is 7.11 Å². The fourth-order valence-corrected chi connectivity index (χ4v) is 1.65. The van der Waals surface area contributed by atoms with Gasteiger partial charge < -0.3 is 9.47 Å². The van der Waals surface area contributed by atoms with Gasteiger partial charge in [-0.25, -0.2) is 8.78 Å². The monoisotopic (exact) mass is 333 g/mol. The lowest BCUT2D eigenvalue weighted by molar-refractivity contribution is -0.275. The number of ether oxygens (including phenoxy) is 2. The number of hydrogen-bond donors (Lipinski definition) is 0. The van der Waals surface area contributed by atoms with E-state index < -0.39 is 48.1 Å². The van der Waals surface area contributed by atoms with Gasteiger partial charge in [-0.2, -0.15) is 0 Å². The average molecular weight is 334 g/mol. The van der Waals surface area contributed by atoms with Crippen molar-refractivity contribution in [3.8, 4) is 5.75 Å². The summed E-state index contributed by atoms with van der Waals surface area (Å²) in [6.45, 7) is 0. The minimum atomic E-state index is -5.17. The van der Waals surface area contributed by atoms with Gasteiger partial charge in [-0.15, -0.1) is 24.8 Å². The fraction of sp³-hybridized carbons (Fsp3) is 0.455. The molecule has 0 aliphatic carbocycles. The van der Waals surface area contributed by atoms with Crippen molar-refractivity contribution in [1.29, 1.82) is 0 Å². The summed E-state index contributed by atoms with van der Waals surface area (Å²) in [5.41, 5.74) is -1.77. The number of nitrogens with zero attached hydrogens (tertiary/aromatic N) is 1. The maximum atomic E-state index is 12.9. The maximum Gasteiger partial charge on any atom is 0.573 e. The van der Waals surface area contributed by atoms with Crippen molar-refractivity contribution in [2.24, 2.45) is 0 Å². The van der Waals surface area contributed by atoms with E-state index in [1.165, 1.54) is 0 Å². The van der Waals surface area contributed by atoms with Gasteiger partial charge in [0.1, 0.15) is 0 Å². The molecule has 0 saturated carbocycles. The molecule has 10 heteroatoms. The summed E-state index contributed by atoms with van der Waals surface area (Å²) in [6.07, 6.45) is -8.91. The molecule has 1 rings (SSSR count). The molecule has 0 amide bonds. The van der Waals surface area contributed by atoms with Crippen molar-refractivity contribution < 1.29 is 36.2 Å². The number of aromatic nitrogens is 1. The first-order valence-electron chi connectivity index (χ1n) is 5.37. The summed E-state index contributed by atoms with van der Waals surface area (Å²) < 4.78 is 70.4. The van der Waals surface area contributed by atoms with Gasteiger partial charge in [-0.1, -0.05) is 0 Å². The minimum Gasteiger partial charge on any atom is -0.469 e. The molecular formula is C11H9ClF5NO3. The van der Waals surface area contributed by atoms with Crippen LogP contribution in [-0.4, -0.2) is 24.4 Å². The zero-order valence-corrected chi connectivity index (χ0v) is 11.3. The number of carbonyl (C=O) groups is 1. The smallest absolute Gasteiger partial charge is 0.469 e. The topological polar surface area (TPSA) is 48.4 Å². The molecule has 0 atom stereocenters. The van der Waals surface area contributed by atoms with Crippen molar-refractivity contribution in [3.63, 3.8) is 0 Å². The van der Waals surface area contributed by atoms with E-state index >= 15 is 0 Å². The normalized spacial score (nSPS) is 11.6. The van der Waals surface area contributed by atoms with E-state index in [1.807, 2.05) is 0 Å². The van der Waals surface area contributed by atoms with Crippen LogP contribution < -0.4 is 4.74 Å². The van der Waals surface area contributed by atoms with Gasteiger partial charge in [-0.3, -0.25) is 9.78 Å². The predicted molar refractivity (Wildman–Crippen MR) is 61.2 cm³/mol. The molecule has 0 aliphatic heterocycles. The molecule has 1 aromatic heterocycles. The Bertz CT molecular complexity index is 521. The van der Waals surface area contributed by atoms with Crippen LogP contribution in [0.1, 0.15) is 23.4 Å². The second-order valence-electron chi connectivity index (χ2n) is 3.71. The van der Waals surface area contributed by atoms with E-state index in [1.54, 1.807) is 0 Å². The third-order valence-electron chi connectivity index (χ3n) is 2.26. The van der Waals surface area contributed by atoms with Crippen LogP contribution >= 0.6 is 11.6 Å². The van der Waals surface area contributed by atoms with Gasteiger partial charge in [0.15, 0.2) is 5.75 Å². The molecule has 0 N–H and O–H groups in total. The Hall–Kier alpha value is -1.64. The van der Waals surface area contributed by atoms with Crippen LogP contribution in [0.15, 0.2) is 6.07 Å². The van der Waals surface area contributed by atoms with E-state index in [0.29, 0.717) is 6.07 Å². The summed E-state index contributed by atoms with van der Waals surface area (Å²) in [4.78, 5) is 14.7. The van der Waals surface area contributed by atoms with Crippen molar-refractivity contribution in [2.45, 2.75) is 25.1 Å². The number of halogens is 6. The zero-order valence-electron chi connectivity index (χ0n) is 10.5. The largest absolute Gasteiger partial charge is 0.573 e. The Morgan fingerprint density at radius 2 is 2.05 bits per heavy atom. The molecule has 4 nitrogen and oxygen atoms in total. The average Bonchev–Trinajstić information content (AvgIpc) is 2.37. The molecule has 0 radical (unpaired) electrons. The molecule has 0 aliphatic rings. The Morgan fingerprint density at radius 1 is 1.43 bits per heavy atom. The molecule has 118 valence electrons. The number of carbonyl (C=O) groups excluding carboxylic acids is 1. The summed E-state index contributed by atoms with van der Waals surface area (Å²) in [5.74, 6) is -2.53. The predicted octanol–water partition coefficient (Wildman–Crippen LogP) is 3.37. The van der Waals surface area contributed by atoms with Crippen molar-refractivity contribution in [3.05, 3.63) is 23.0 Å². The number of hydrogen-bond acceptors (Lipinski definition) is 4. The third kappa shape index (κ3) is 5.00. The fourth-order valence-electron chi connectivity index (χ4n) is 1.46. The molecule has 0 fully saturated rings. The zero-order chi connectivity index (χ0) is 16.2. The molecule has 0 bridgehead atoms. The van der Waals surface area contributed by atoms with E-state index in [9.17, 15) is 26.7 Å². The summed E-state index contributed by atoms with van der Waals surface area (Å²) in [7, 11) is 1.07. The lowest BCUT2D eigenvalue weighted by Crippen LogP contribution is -2.20. The van der Waals surface area contributed by atoms with Crippen LogP contribution in [0.5, 0.6) is 5.75 Å². The first kappa shape index (κ1) is 17.4. The van der Waals surface area contributed by atoms with Gasteiger partial charge in [-0.05, 0) is 6.07 Å². The highest BCUT2D eigenvalue weighted by Gasteiger charge is 2.35. The highest BCUT2D eigenvalue weighted by molar-refractivity contribution is 6.17. The Kier molecular flexibility index (Phi) is 5.70. The number of esters is 1. The Balaban J connectivity index is 3.32. The van der Waals surface area contributed by atoms with Crippen LogP contribution in [0.25, 0.3) is 0 Å². The third-order valence-corrected chi connectivity index (χ3v) is 2.51. The van der Waals surface area contributed by atoms with Crippen LogP contribution in [0.4, 0.5) is 22.0 Å². The van der Waals surface area contributed by atoms with Crippen LogP contribution in [0, 0.1) is 0 Å². The SMILES string of the molecule is COC(=O)Cc1cc(C(F)F)c(OC(F)(F)F)c(CCl)n1. The van der Waals surface area contributed by atoms with Crippen molar-refractivity contribution >= 4 is 17.6 Å². The first-order valence-corrected chi connectivity index (χ1v) is 5.90. The molecule has 0 unspecified atom stereocenters. The molecule has 0 spiro atoms. The van der Waals surface area contributed by atoms with Gasteiger partial charge in [0.05, 0.1) is 36.4 Å². The van der Waals surface area contributed by atoms with Crippen LogP contribution in [0.2, 0.25) is 0 Å². The molecule has 0 saturated heterocycles. The standard InChI is InChI=1S/C11H9ClF5NO3/c1-20-8(19)3-5-2-6(10(13)14)9(7(4-12)18-5)21-11(15,16)17/h2,10H,3-4H2,1H3. The lowest BCUT2D eigenvalue weighted by Gasteiger charge is -2.16. The van der Waals surface area contributed by atoms with Gasteiger partial charge in [0, 0.05) is 0 Å². The minimum absolute atomic E-state index is 0.192. The quantitative estimate of drug-likeness (QED) is 0.471. The van der Waals surface area contributed by atoms with Gasteiger partial charge in [0.25, 0.3) is 6.43 Å². The Morgan fingerprint density at radius 3 is 2.48 bits per heavy atom. The number of methoxy groups -OCH3 is 1. The van der Waals surface area contributed by atoms with Gasteiger partial charge >= 0.3 is 12.3 Å². The highest BCUT2D eigenvalue weighted by Crippen LogP contribution is 2.36. The number of pyridine rings is 1. The summed E-state index contributed by atoms with van der Waals surface area (Å²) >= 11 is 5.41. The molecule has 0 aromatic carbocycles. The van der Waals surface area contributed by atoms with E-state index in [4.69, 9.17) is 11.6 Å². The second kappa shape index (κ2) is 6.88. The second-order valence-corrected chi connectivity index (χ2v) is 3.98. The lowest BCUT2D eigenvalue weighted by atomic mass is 10.1. The van der Waals surface area contributed by atoms with E-state index in [2.05, 4.69) is 14.5 Å². The van der Waals surface area contributed by atoms with E-state index in [-0.39, 0.29) is 5.69 Å². The Labute approximate surface area is 120 Å². The first-order chi connectivity index (χ1) is 9.67. The van der Waals surface area contributed by atoms with Crippen LogP contribution in [0.3, 0.4) is 0 Å². The number of alkyl halides is 6. The van der Waals surface area contributed by atoms with Gasteiger partial charge in [0.2, 0.25) is 0 Å². The van der Waals surface area contributed by atoms with Crippen LogP contribution in [-0.2, 0) is 21.8 Å². The number of rotatable bonds is 5. The van der Waals surface area contributed by atoms with Crippen molar-refractivity contribution in [1.82, 2.24) is 4.98 Å². The van der Waals surface area contributed by atoms with E-state index in [0.717, 1.165) is 7.11 Å².